The van der Waals surface area contributed by atoms with E-state index in [0.29, 0.717) is 31.7 Å². The minimum atomic E-state index is -3.83. The average molecular weight is 368 g/mol. The van der Waals surface area contributed by atoms with Gasteiger partial charge in [0.2, 0.25) is 15.9 Å². The number of aryl methyl sites for hydroxylation is 1. The molecule has 0 aromatic heterocycles. The van der Waals surface area contributed by atoms with Crippen molar-refractivity contribution in [2.75, 3.05) is 39.3 Å². The maximum absolute atomic E-state index is 12.9. The van der Waals surface area contributed by atoms with Crippen molar-refractivity contribution >= 4 is 21.6 Å². The third kappa shape index (κ3) is 3.37. The number of nitrogens with zero attached hydrogens (tertiary/aromatic N) is 3. The van der Waals surface area contributed by atoms with Gasteiger partial charge < -0.3 is 10.2 Å². The third-order valence-corrected chi connectivity index (χ3v) is 6.72. The number of nitrogens with one attached hydrogen (secondary N) is 1. The predicted octanol–water partition coefficient (Wildman–Crippen LogP) is -0.0445. The van der Waals surface area contributed by atoms with Crippen molar-refractivity contribution < 1.29 is 18.1 Å². The minimum absolute atomic E-state index is 0.0119. The van der Waals surface area contributed by atoms with Gasteiger partial charge in [0.1, 0.15) is 0 Å². The highest BCUT2D eigenvalue weighted by Crippen LogP contribution is 2.25. The topological polar surface area (TPSA) is 113 Å². The number of hydrogen-bond donors (Lipinski definition) is 1. The summed E-state index contributed by atoms with van der Waals surface area (Å²) in [6.07, 6.45) is 0. The van der Waals surface area contributed by atoms with E-state index >= 15 is 0 Å². The molecule has 136 valence electrons. The maximum atomic E-state index is 12.9. The van der Waals surface area contributed by atoms with E-state index < -0.39 is 14.9 Å². The number of sulfonamides is 1. The van der Waals surface area contributed by atoms with Gasteiger partial charge in [-0.3, -0.25) is 14.9 Å². The minimum Gasteiger partial charge on any atom is -0.340 e. The molecule has 1 aromatic rings. The van der Waals surface area contributed by atoms with Crippen molar-refractivity contribution in [3.8, 4) is 0 Å². The molecule has 10 heteroatoms. The SMILES string of the molecule is Cc1ccc([N+](=O)[O-])cc1S(=O)(=O)N1CCN(C(=O)C2CNC2)CC1. The highest BCUT2D eigenvalue weighted by molar-refractivity contribution is 7.89. The highest BCUT2D eigenvalue weighted by atomic mass is 32.2. The quantitative estimate of drug-likeness (QED) is 0.589. The Balaban J connectivity index is 1.75. The lowest BCUT2D eigenvalue weighted by molar-refractivity contribution is -0.385. The van der Waals surface area contributed by atoms with Crippen LogP contribution in [0, 0.1) is 23.0 Å². The number of nitro groups is 1. The first-order valence-corrected chi connectivity index (χ1v) is 9.49. The largest absolute Gasteiger partial charge is 0.340 e. The van der Waals surface area contributed by atoms with E-state index in [1.54, 1.807) is 11.8 Å². The number of rotatable bonds is 4. The van der Waals surface area contributed by atoms with Crippen LogP contribution >= 0.6 is 0 Å². The predicted molar refractivity (Wildman–Crippen MR) is 89.5 cm³/mol. The molecule has 1 aromatic carbocycles. The summed E-state index contributed by atoms with van der Waals surface area (Å²) in [5.74, 6) is 0.0458. The van der Waals surface area contributed by atoms with Crippen molar-refractivity contribution in [1.82, 2.24) is 14.5 Å². The molecule has 0 atom stereocenters. The Labute approximate surface area is 145 Å². The summed E-state index contributed by atoms with van der Waals surface area (Å²) in [6.45, 7) is 4.01. The molecule has 0 unspecified atom stereocenters. The lowest BCUT2D eigenvalue weighted by Gasteiger charge is -2.38. The van der Waals surface area contributed by atoms with Crippen LogP contribution in [-0.2, 0) is 14.8 Å². The fraction of sp³-hybridized carbons (Fsp3) is 0.533. The highest BCUT2D eigenvalue weighted by Gasteiger charge is 2.35. The summed E-state index contributed by atoms with van der Waals surface area (Å²) in [5.41, 5.74) is 0.208. The van der Waals surface area contributed by atoms with Crippen molar-refractivity contribution in [2.24, 2.45) is 5.92 Å². The number of hydrogen-bond acceptors (Lipinski definition) is 6. The van der Waals surface area contributed by atoms with Crippen LogP contribution in [0.25, 0.3) is 0 Å². The zero-order valence-electron chi connectivity index (χ0n) is 13.8. The summed E-state index contributed by atoms with van der Waals surface area (Å²) >= 11 is 0. The number of piperazine rings is 1. The fourth-order valence-electron chi connectivity index (χ4n) is 2.99. The molecule has 2 aliphatic rings. The van der Waals surface area contributed by atoms with Crippen LogP contribution in [0.3, 0.4) is 0 Å². The van der Waals surface area contributed by atoms with Crippen molar-refractivity contribution in [2.45, 2.75) is 11.8 Å². The number of nitro benzene ring substituents is 1. The smallest absolute Gasteiger partial charge is 0.270 e. The van der Waals surface area contributed by atoms with Crippen LogP contribution in [0.2, 0.25) is 0 Å². The number of benzene rings is 1. The molecule has 0 spiro atoms. The molecule has 0 aliphatic carbocycles. The van der Waals surface area contributed by atoms with Gasteiger partial charge in [-0.1, -0.05) is 6.07 Å². The number of carbonyl (C=O) groups is 1. The summed E-state index contributed by atoms with van der Waals surface area (Å²) in [4.78, 5) is 24.2. The fourth-order valence-corrected chi connectivity index (χ4v) is 4.66. The Morgan fingerprint density at radius 3 is 2.40 bits per heavy atom. The second kappa shape index (κ2) is 6.70. The normalized spacial score (nSPS) is 19.5. The van der Waals surface area contributed by atoms with E-state index in [4.69, 9.17) is 0 Å². The Bertz CT molecular complexity index is 798. The molecule has 2 saturated heterocycles. The van der Waals surface area contributed by atoms with Crippen LogP contribution in [0.15, 0.2) is 23.1 Å². The molecule has 1 N–H and O–H groups in total. The lowest BCUT2D eigenvalue weighted by Crippen LogP contribution is -2.57. The zero-order valence-corrected chi connectivity index (χ0v) is 14.7. The van der Waals surface area contributed by atoms with Crippen LogP contribution in [0.5, 0.6) is 0 Å². The van der Waals surface area contributed by atoms with Crippen molar-refractivity contribution in [1.29, 1.82) is 0 Å². The monoisotopic (exact) mass is 368 g/mol. The van der Waals surface area contributed by atoms with E-state index in [2.05, 4.69) is 5.32 Å². The first-order valence-electron chi connectivity index (χ1n) is 8.05. The molecular weight excluding hydrogens is 348 g/mol. The van der Waals surface area contributed by atoms with Crippen molar-refractivity contribution in [3.63, 3.8) is 0 Å². The second-order valence-electron chi connectivity index (χ2n) is 6.29. The van der Waals surface area contributed by atoms with Gasteiger partial charge in [0.25, 0.3) is 5.69 Å². The van der Waals surface area contributed by atoms with Gasteiger partial charge in [-0.05, 0) is 12.5 Å². The van der Waals surface area contributed by atoms with E-state index in [0.717, 1.165) is 6.07 Å². The Hall–Kier alpha value is -2.04. The van der Waals surface area contributed by atoms with Gasteiger partial charge in [-0.2, -0.15) is 4.31 Å². The summed E-state index contributed by atoms with van der Waals surface area (Å²) < 4.78 is 27.0. The Morgan fingerprint density at radius 2 is 1.88 bits per heavy atom. The molecule has 2 fully saturated rings. The summed E-state index contributed by atoms with van der Waals surface area (Å²) in [7, 11) is -3.83. The van der Waals surface area contributed by atoms with Gasteiger partial charge in [0, 0.05) is 51.4 Å². The average Bonchev–Trinajstić information content (AvgIpc) is 2.53. The maximum Gasteiger partial charge on any atom is 0.270 e. The molecule has 2 heterocycles. The van der Waals surface area contributed by atoms with Crippen molar-refractivity contribution in [3.05, 3.63) is 33.9 Å². The van der Waals surface area contributed by atoms with Crippen LogP contribution < -0.4 is 5.32 Å². The number of carbonyl (C=O) groups excluding carboxylic acids is 1. The molecule has 1 amide bonds. The molecule has 25 heavy (non-hydrogen) atoms. The lowest BCUT2D eigenvalue weighted by atomic mass is 10.0. The molecule has 9 nitrogen and oxygen atoms in total. The third-order valence-electron chi connectivity index (χ3n) is 4.68. The van der Waals surface area contributed by atoms with Gasteiger partial charge in [-0.15, -0.1) is 0 Å². The van der Waals surface area contributed by atoms with Gasteiger partial charge in [0.05, 0.1) is 15.7 Å². The molecule has 0 radical (unpaired) electrons. The summed E-state index contributed by atoms with van der Waals surface area (Å²) in [5, 5.41) is 14.0. The van der Waals surface area contributed by atoms with Gasteiger partial charge >= 0.3 is 0 Å². The number of amides is 1. The second-order valence-corrected chi connectivity index (χ2v) is 8.20. The van der Waals surface area contributed by atoms with Crippen LogP contribution in [-0.4, -0.2) is 67.7 Å². The first kappa shape index (κ1) is 17.8. The molecule has 2 aliphatic heterocycles. The first-order chi connectivity index (χ1) is 11.8. The number of non-ortho nitro benzene ring substituents is 1. The van der Waals surface area contributed by atoms with Gasteiger partial charge in [0.15, 0.2) is 0 Å². The van der Waals surface area contributed by atoms with E-state index in [1.807, 2.05) is 0 Å². The van der Waals surface area contributed by atoms with Crippen LogP contribution in [0.1, 0.15) is 5.56 Å². The van der Waals surface area contributed by atoms with Gasteiger partial charge in [-0.25, -0.2) is 8.42 Å². The van der Waals surface area contributed by atoms with E-state index in [9.17, 15) is 23.3 Å². The standard InChI is InChI=1S/C15H20N4O5S/c1-11-2-3-13(19(21)22)8-14(11)25(23,24)18-6-4-17(5-7-18)15(20)12-9-16-10-12/h2-3,8,12,16H,4-7,9-10H2,1H3. The molecule has 0 bridgehead atoms. The summed E-state index contributed by atoms with van der Waals surface area (Å²) in [6, 6.07) is 3.83. The molecule has 3 rings (SSSR count). The molecule has 0 saturated carbocycles. The zero-order chi connectivity index (χ0) is 18.2. The Morgan fingerprint density at radius 1 is 1.24 bits per heavy atom. The van der Waals surface area contributed by atoms with Crippen LogP contribution in [0.4, 0.5) is 5.69 Å². The molecular formula is C15H20N4O5S. The Kier molecular flexibility index (Phi) is 4.76. The van der Waals surface area contributed by atoms with E-state index in [-0.39, 0.29) is 35.5 Å². The van der Waals surface area contributed by atoms with E-state index in [1.165, 1.54) is 16.4 Å².